The lowest BCUT2D eigenvalue weighted by atomic mass is 10.3. The lowest BCUT2D eigenvalue weighted by Gasteiger charge is -2.22. The van der Waals surface area contributed by atoms with Crippen molar-refractivity contribution in [1.82, 2.24) is 15.1 Å². The molecule has 1 saturated heterocycles. The van der Waals surface area contributed by atoms with Crippen molar-refractivity contribution in [2.75, 3.05) is 25.0 Å². The van der Waals surface area contributed by atoms with Crippen molar-refractivity contribution < 1.29 is 9.53 Å². The average molecular weight is 247 g/mol. The highest BCUT2D eigenvalue weighted by molar-refractivity contribution is 5.93. The molecule has 2 heterocycles. The van der Waals surface area contributed by atoms with E-state index in [9.17, 15) is 4.79 Å². The molecule has 16 heavy (non-hydrogen) atoms. The van der Waals surface area contributed by atoms with Gasteiger partial charge in [0, 0.05) is 32.4 Å². The van der Waals surface area contributed by atoms with Crippen molar-refractivity contribution in [3.63, 3.8) is 0 Å². The highest BCUT2D eigenvalue weighted by Gasteiger charge is 2.22. The zero-order valence-electron chi connectivity index (χ0n) is 8.97. The molecule has 1 aliphatic rings. The lowest BCUT2D eigenvalue weighted by molar-refractivity contribution is -0.128. The predicted molar refractivity (Wildman–Crippen MR) is 61.7 cm³/mol. The number of aromatic nitrogens is 2. The van der Waals surface area contributed by atoms with E-state index in [1.807, 2.05) is 0 Å². The number of nitrogens with zero attached hydrogens (tertiary/aromatic N) is 2. The van der Waals surface area contributed by atoms with Gasteiger partial charge in [-0.05, 0) is 0 Å². The number of rotatable bonds is 2. The van der Waals surface area contributed by atoms with Crippen LogP contribution in [0.1, 0.15) is 0 Å². The molecule has 1 aromatic rings. The molecule has 0 aromatic carbocycles. The van der Waals surface area contributed by atoms with Crippen molar-refractivity contribution in [2.45, 2.75) is 6.10 Å². The van der Waals surface area contributed by atoms with E-state index in [-0.39, 0.29) is 18.3 Å². The molecule has 0 bridgehead atoms. The standard InChI is InChI=1S/C9H14N4O2.ClH/c1-13-4-2-8(12-13)11-9(14)7-6-10-3-5-15-7;/h2,4,7,10H,3,5-6H2,1H3,(H,11,12,14);1H/t7-;/m1./s1. The van der Waals surface area contributed by atoms with Gasteiger partial charge in [-0.3, -0.25) is 9.48 Å². The van der Waals surface area contributed by atoms with Gasteiger partial charge in [0.25, 0.3) is 5.91 Å². The topological polar surface area (TPSA) is 68.2 Å². The van der Waals surface area contributed by atoms with Gasteiger partial charge >= 0.3 is 0 Å². The Morgan fingerprint density at radius 2 is 2.56 bits per heavy atom. The van der Waals surface area contributed by atoms with Gasteiger partial charge in [-0.25, -0.2) is 0 Å². The van der Waals surface area contributed by atoms with Gasteiger partial charge in [-0.15, -0.1) is 12.4 Å². The van der Waals surface area contributed by atoms with Crippen molar-refractivity contribution in [3.8, 4) is 0 Å². The Hall–Kier alpha value is -1.11. The number of carbonyl (C=O) groups excluding carboxylic acids is 1. The van der Waals surface area contributed by atoms with Gasteiger partial charge in [0.05, 0.1) is 6.61 Å². The quantitative estimate of drug-likeness (QED) is 0.757. The summed E-state index contributed by atoms with van der Waals surface area (Å²) in [5, 5.41) is 9.85. The number of nitrogens with one attached hydrogen (secondary N) is 2. The molecule has 1 amide bonds. The molecule has 0 radical (unpaired) electrons. The minimum absolute atomic E-state index is 0. The van der Waals surface area contributed by atoms with Gasteiger partial charge in [0.15, 0.2) is 5.82 Å². The second kappa shape index (κ2) is 5.83. The van der Waals surface area contributed by atoms with Gasteiger partial charge in [0.2, 0.25) is 0 Å². The van der Waals surface area contributed by atoms with Crippen LogP contribution in [0.5, 0.6) is 0 Å². The molecule has 6 nitrogen and oxygen atoms in total. The Morgan fingerprint density at radius 1 is 1.75 bits per heavy atom. The first-order chi connectivity index (χ1) is 7.25. The maximum Gasteiger partial charge on any atom is 0.256 e. The Morgan fingerprint density at radius 3 is 3.12 bits per heavy atom. The monoisotopic (exact) mass is 246 g/mol. The molecule has 0 aliphatic carbocycles. The van der Waals surface area contributed by atoms with E-state index in [4.69, 9.17) is 4.74 Å². The zero-order valence-corrected chi connectivity index (χ0v) is 9.79. The third kappa shape index (κ3) is 3.19. The van der Waals surface area contributed by atoms with Crippen LogP contribution in [0.2, 0.25) is 0 Å². The molecule has 1 aromatic heterocycles. The van der Waals surface area contributed by atoms with Crippen LogP contribution >= 0.6 is 12.4 Å². The van der Waals surface area contributed by atoms with E-state index in [0.717, 1.165) is 6.54 Å². The molecule has 90 valence electrons. The summed E-state index contributed by atoms with van der Waals surface area (Å²) in [5.41, 5.74) is 0. The molecular formula is C9H15ClN4O2. The number of halogens is 1. The minimum atomic E-state index is -0.416. The first kappa shape index (κ1) is 13.0. The third-order valence-corrected chi connectivity index (χ3v) is 2.18. The van der Waals surface area contributed by atoms with Crippen molar-refractivity contribution in [1.29, 1.82) is 0 Å². The molecule has 2 N–H and O–H groups in total. The van der Waals surface area contributed by atoms with Gasteiger partial charge in [0.1, 0.15) is 6.10 Å². The molecule has 1 aliphatic heterocycles. The van der Waals surface area contributed by atoms with Gasteiger partial charge in [-0.1, -0.05) is 0 Å². The van der Waals surface area contributed by atoms with Crippen LogP contribution in [0, 0.1) is 0 Å². The summed E-state index contributed by atoms with van der Waals surface area (Å²) >= 11 is 0. The van der Waals surface area contributed by atoms with Crippen LogP contribution in [0.4, 0.5) is 5.82 Å². The molecule has 1 atom stereocenters. The van der Waals surface area contributed by atoms with E-state index < -0.39 is 6.10 Å². The fourth-order valence-electron chi connectivity index (χ4n) is 1.42. The molecule has 1 fully saturated rings. The number of ether oxygens (including phenoxy) is 1. The minimum Gasteiger partial charge on any atom is -0.366 e. The van der Waals surface area contributed by atoms with Crippen LogP contribution in [0.15, 0.2) is 12.3 Å². The summed E-state index contributed by atoms with van der Waals surface area (Å²) in [4.78, 5) is 11.7. The van der Waals surface area contributed by atoms with E-state index in [1.54, 1.807) is 24.0 Å². The van der Waals surface area contributed by atoms with Crippen LogP contribution in [-0.4, -0.2) is 41.5 Å². The van der Waals surface area contributed by atoms with Crippen molar-refractivity contribution in [3.05, 3.63) is 12.3 Å². The van der Waals surface area contributed by atoms with Crippen LogP contribution in [0.25, 0.3) is 0 Å². The smallest absolute Gasteiger partial charge is 0.256 e. The molecule has 0 saturated carbocycles. The molecule has 2 rings (SSSR count). The highest BCUT2D eigenvalue weighted by Crippen LogP contribution is 2.04. The summed E-state index contributed by atoms with van der Waals surface area (Å²) < 4.78 is 6.94. The van der Waals surface area contributed by atoms with E-state index in [0.29, 0.717) is 19.0 Å². The maximum atomic E-state index is 11.7. The number of morpholine rings is 1. The van der Waals surface area contributed by atoms with Gasteiger partial charge < -0.3 is 15.4 Å². The fourth-order valence-corrected chi connectivity index (χ4v) is 1.42. The Labute approximate surface area is 99.8 Å². The maximum absolute atomic E-state index is 11.7. The SMILES string of the molecule is Cl.Cn1ccc(NC(=O)[C@H]2CNCCO2)n1. The number of hydrogen-bond acceptors (Lipinski definition) is 4. The summed E-state index contributed by atoms with van der Waals surface area (Å²) in [6.07, 6.45) is 1.36. The molecule has 7 heteroatoms. The Bertz CT molecular complexity index is 349. The predicted octanol–water partition coefficient (Wildman–Crippen LogP) is -0.231. The summed E-state index contributed by atoms with van der Waals surface area (Å²) in [6.45, 7) is 1.92. The molecular weight excluding hydrogens is 232 g/mol. The Kier molecular flexibility index (Phi) is 4.72. The molecule has 0 unspecified atom stereocenters. The van der Waals surface area contributed by atoms with Crippen LogP contribution in [0.3, 0.4) is 0 Å². The largest absolute Gasteiger partial charge is 0.366 e. The number of hydrogen-bond donors (Lipinski definition) is 2. The summed E-state index contributed by atoms with van der Waals surface area (Å²) in [5.74, 6) is 0.401. The number of anilines is 1. The lowest BCUT2D eigenvalue weighted by Crippen LogP contribution is -2.45. The van der Waals surface area contributed by atoms with Crippen molar-refractivity contribution in [2.24, 2.45) is 7.05 Å². The molecule has 0 spiro atoms. The third-order valence-electron chi connectivity index (χ3n) is 2.18. The first-order valence-corrected chi connectivity index (χ1v) is 4.88. The number of amides is 1. The van der Waals surface area contributed by atoms with E-state index in [2.05, 4.69) is 15.7 Å². The highest BCUT2D eigenvalue weighted by atomic mass is 35.5. The Balaban J connectivity index is 0.00000128. The second-order valence-corrected chi connectivity index (χ2v) is 3.43. The first-order valence-electron chi connectivity index (χ1n) is 4.88. The zero-order chi connectivity index (χ0) is 10.7. The second-order valence-electron chi connectivity index (χ2n) is 3.43. The van der Waals surface area contributed by atoms with E-state index in [1.165, 1.54) is 0 Å². The van der Waals surface area contributed by atoms with E-state index >= 15 is 0 Å². The fraction of sp³-hybridized carbons (Fsp3) is 0.556. The van der Waals surface area contributed by atoms with Crippen LogP contribution < -0.4 is 10.6 Å². The van der Waals surface area contributed by atoms with Crippen LogP contribution in [-0.2, 0) is 16.6 Å². The van der Waals surface area contributed by atoms with Crippen molar-refractivity contribution >= 4 is 24.1 Å². The number of aryl methyl sites for hydroxylation is 1. The normalized spacial score (nSPS) is 19.9. The summed E-state index contributed by atoms with van der Waals surface area (Å²) in [6, 6.07) is 1.74. The van der Waals surface area contributed by atoms with Gasteiger partial charge in [-0.2, -0.15) is 5.10 Å². The average Bonchev–Trinajstić information content (AvgIpc) is 2.65. The number of carbonyl (C=O) groups is 1. The summed E-state index contributed by atoms with van der Waals surface area (Å²) in [7, 11) is 1.80.